The first-order valence-corrected chi connectivity index (χ1v) is 7.00. The zero-order valence-electron chi connectivity index (χ0n) is 11.9. The van der Waals surface area contributed by atoms with E-state index in [4.69, 9.17) is 0 Å². The summed E-state index contributed by atoms with van der Waals surface area (Å²) in [5.41, 5.74) is 0.198. The molecule has 2 amide bonds. The van der Waals surface area contributed by atoms with Gasteiger partial charge >= 0.3 is 0 Å². The molecule has 0 fully saturated rings. The van der Waals surface area contributed by atoms with Crippen LogP contribution in [0.3, 0.4) is 0 Å². The first-order valence-electron chi connectivity index (χ1n) is 7.00. The molecule has 0 aliphatic carbocycles. The molecule has 2 aromatic carbocycles. The highest BCUT2D eigenvalue weighted by molar-refractivity contribution is 6.21. The molecule has 0 radical (unpaired) electrons. The SMILES string of the molecule is O=C1c2ccccc2C(=O)N1C(CC(F)F)c1ccccc1F. The fourth-order valence-electron chi connectivity index (χ4n) is 2.78. The van der Waals surface area contributed by atoms with Gasteiger partial charge in [-0.25, -0.2) is 13.2 Å². The molecule has 1 heterocycles. The van der Waals surface area contributed by atoms with Crippen LogP contribution in [0.4, 0.5) is 13.2 Å². The highest BCUT2D eigenvalue weighted by atomic mass is 19.3. The van der Waals surface area contributed by atoms with Crippen molar-refractivity contribution in [3.8, 4) is 0 Å². The fourth-order valence-corrected chi connectivity index (χ4v) is 2.78. The first-order chi connectivity index (χ1) is 11.0. The number of nitrogens with zero attached hydrogens (tertiary/aromatic N) is 1. The summed E-state index contributed by atoms with van der Waals surface area (Å²) in [6.45, 7) is 0. The van der Waals surface area contributed by atoms with Crippen molar-refractivity contribution >= 4 is 11.8 Å². The van der Waals surface area contributed by atoms with Crippen LogP contribution in [0.1, 0.15) is 38.7 Å². The van der Waals surface area contributed by atoms with Gasteiger partial charge in [0, 0.05) is 12.0 Å². The number of carbonyl (C=O) groups is 2. The van der Waals surface area contributed by atoms with Gasteiger partial charge < -0.3 is 0 Å². The third-order valence-electron chi connectivity index (χ3n) is 3.80. The molecule has 118 valence electrons. The molecule has 3 nitrogen and oxygen atoms in total. The van der Waals surface area contributed by atoms with Crippen LogP contribution in [0.5, 0.6) is 0 Å². The number of rotatable bonds is 4. The summed E-state index contributed by atoms with van der Waals surface area (Å²) in [5, 5.41) is 0. The molecule has 1 atom stereocenters. The number of alkyl halides is 2. The van der Waals surface area contributed by atoms with Gasteiger partial charge in [0.1, 0.15) is 5.82 Å². The van der Waals surface area contributed by atoms with Crippen molar-refractivity contribution in [1.82, 2.24) is 4.90 Å². The van der Waals surface area contributed by atoms with Gasteiger partial charge in [-0.1, -0.05) is 30.3 Å². The second-order valence-electron chi connectivity index (χ2n) is 5.19. The molecule has 0 spiro atoms. The number of amides is 2. The van der Waals surface area contributed by atoms with Crippen LogP contribution in [-0.2, 0) is 0 Å². The molecule has 0 bridgehead atoms. The molecule has 1 aliphatic rings. The minimum atomic E-state index is -2.79. The molecule has 6 heteroatoms. The molecule has 23 heavy (non-hydrogen) atoms. The smallest absolute Gasteiger partial charge is 0.262 e. The fraction of sp³-hybridized carbons (Fsp3) is 0.176. The second-order valence-corrected chi connectivity index (χ2v) is 5.19. The molecule has 3 rings (SSSR count). The molecule has 1 aliphatic heterocycles. The van der Waals surface area contributed by atoms with Crippen LogP contribution < -0.4 is 0 Å². The third-order valence-corrected chi connectivity index (χ3v) is 3.80. The van der Waals surface area contributed by atoms with E-state index in [9.17, 15) is 22.8 Å². The average Bonchev–Trinajstić information content (AvgIpc) is 2.78. The van der Waals surface area contributed by atoms with E-state index in [1.807, 2.05) is 0 Å². The summed E-state index contributed by atoms with van der Waals surface area (Å²) < 4.78 is 40.0. The van der Waals surface area contributed by atoms with Gasteiger partial charge in [-0.05, 0) is 18.2 Å². The summed E-state index contributed by atoms with van der Waals surface area (Å²) >= 11 is 0. The van der Waals surface area contributed by atoms with Crippen LogP contribution in [0.15, 0.2) is 48.5 Å². The third kappa shape index (κ3) is 2.60. The van der Waals surface area contributed by atoms with Gasteiger partial charge in [0.25, 0.3) is 11.8 Å². The van der Waals surface area contributed by atoms with E-state index in [-0.39, 0.29) is 16.7 Å². The second kappa shape index (κ2) is 5.87. The van der Waals surface area contributed by atoms with E-state index in [1.54, 1.807) is 12.1 Å². The first kappa shape index (κ1) is 15.3. The molecule has 0 saturated heterocycles. The molecule has 0 N–H and O–H groups in total. The Labute approximate surface area is 130 Å². The largest absolute Gasteiger partial charge is 0.269 e. The Morgan fingerprint density at radius 1 is 0.870 bits per heavy atom. The number of hydrogen-bond acceptors (Lipinski definition) is 2. The van der Waals surface area contributed by atoms with E-state index in [0.29, 0.717) is 0 Å². The Kier molecular flexibility index (Phi) is 3.90. The monoisotopic (exact) mass is 319 g/mol. The summed E-state index contributed by atoms with van der Waals surface area (Å²) in [4.78, 5) is 25.6. The molecule has 0 aromatic heterocycles. The highest BCUT2D eigenvalue weighted by Crippen LogP contribution is 2.35. The van der Waals surface area contributed by atoms with Crippen LogP contribution in [0.25, 0.3) is 0 Å². The van der Waals surface area contributed by atoms with E-state index in [0.717, 1.165) is 11.0 Å². The van der Waals surface area contributed by atoms with Crippen LogP contribution >= 0.6 is 0 Å². The van der Waals surface area contributed by atoms with E-state index in [1.165, 1.54) is 30.3 Å². The van der Waals surface area contributed by atoms with Crippen LogP contribution in [0, 0.1) is 5.82 Å². The zero-order valence-corrected chi connectivity index (χ0v) is 11.9. The standard InChI is InChI=1S/C17H12F3NO2/c18-13-8-4-3-7-12(13)14(9-15(19)20)21-16(22)10-5-1-2-6-11(10)17(21)23/h1-8,14-15H,9H2. The van der Waals surface area contributed by atoms with Gasteiger partial charge in [-0.3, -0.25) is 14.5 Å². The van der Waals surface area contributed by atoms with Crippen molar-refractivity contribution in [3.63, 3.8) is 0 Å². The number of hydrogen-bond donors (Lipinski definition) is 0. The predicted octanol–water partition coefficient (Wildman–Crippen LogP) is 3.82. The van der Waals surface area contributed by atoms with Gasteiger partial charge in [0.2, 0.25) is 6.43 Å². The molecule has 1 unspecified atom stereocenters. The maximum absolute atomic E-state index is 14.0. The van der Waals surface area contributed by atoms with Crippen LogP contribution in [0.2, 0.25) is 0 Å². The number of imide groups is 1. The Balaban J connectivity index is 2.07. The van der Waals surface area contributed by atoms with Gasteiger partial charge in [-0.15, -0.1) is 0 Å². The van der Waals surface area contributed by atoms with Crippen molar-refractivity contribution < 1.29 is 22.8 Å². The maximum Gasteiger partial charge on any atom is 0.262 e. The van der Waals surface area contributed by atoms with Gasteiger partial charge in [0.05, 0.1) is 17.2 Å². The number of halogens is 3. The van der Waals surface area contributed by atoms with Crippen molar-refractivity contribution in [3.05, 3.63) is 71.0 Å². The van der Waals surface area contributed by atoms with Crippen molar-refractivity contribution in [2.45, 2.75) is 18.9 Å². The predicted molar refractivity (Wildman–Crippen MR) is 76.7 cm³/mol. The Bertz CT molecular complexity index is 741. The lowest BCUT2D eigenvalue weighted by Crippen LogP contribution is -2.35. The normalized spacial score (nSPS) is 15.2. The Morgan fingerprint density at radius 2 is 1.39 bits per heavy atom. The number of fused-ring (bicyclic) bond motifs is 1. The summed E-state index contributed by atoms with van der Waals surface area (Å²) in [5.74, 6) is -2.09. The van der Waals surface area contributed by atoms with Gasteiger partial charge in [-0.2, -0.15) is 0 Å². The lowest BCUT2D eigenvalue weighted by molar-refractivity contribution is 0.0472. The molecule has 0 saturated carbocycles. The lowest BCUT2D eigenvalue weighted by atomic mass is 10.0. The summed E-state index contributed by atoms with van der Waals surface area (Å²) in [6.07, 6.45) is -3.60. The molecular weight excluding hydrogens is 307 g/mol. The number of benzene rings is 2. The molecular formula is C17H12F3NO2. The van der Waals surface area contributed by atoms with E-state index >= 15 is 0 Å². The van der Waals surface area contributed by atoms with Gasteiger partial charge in [0.15, 0.2) is 0 Å². The maximum atomic E-state index is 14.0. The van der Waals surface area contributed by atoms with E-state index < -0.39 is 36.5 Å². The van der Waals surface area contributed by atoms with Crippen molar-refractivity contribution in [1.29, 1.82) is 0 Å². The van der Waals surface area contributed by atoms with Crippen molar-refractivity contribution in [2.24, 2.45) is 0 Å². The lowest BCUT2D eigenvalue weighted by Gasteiger charge is -2.26. The van der Waals surface area contributed by atoms with E-state index in [2.05, 4.69) is 0 Å². The number of carbonyl (C=O) groups excluding carboxylic acids is 2. The van der Waals surface area contributed by atoms with Crippen LogP contribution in [-0.4, -0.2) is 23.1 Å². The van der Waals surface area contributed by atoms with Crippen molar-refractivity contribution in [2.75, 3.05) is 0 Å². The Morgan fingerprint density at radius 3 is 1.91 bits per heavy atom. The summed E-state index contributed by atoms with van der Waals surface area (Å²) in [7, 11) is 0. The Hall–Kier alpha value is -2.63. The summed E-state index contributed by atoms with van der Waals surface area (Å²) in [6, 6.07) is 10.1. The highest BCUT2D eigenvalue weighted by Gasteiger charge is 2.41. The topological polar surface area (TPSA) is 37.4 Å². The minimum absolute atomic E-state index is 0.0951. The quantitative estimate of drug-likeness (QED) is 0.804. The zero-order chi connectivity index (χ0) is 16.6. The average molecular weight is 319 g/mol. The minimum Gasteiger partial charge on any atom is -0.269 e. The molecule has 2 aromatic rings.